The Bertz CT molecular complexity index is 803. The molecule has 0 saturated carbocycles. The molecule has 2 aromatic rings. The monoisotopic (exact) mass is 347 g/mol. The second-order valence-corrected chi connectivity index (χ2v) is 6.44. The van der Waals surface area contributed by atoms with Crippen LogP contribution in [-0.2, 0) is 11.2 Å². The molecule has 1 atom stereocenters. The molecule has 1 aliphatic rings. The molecule has 1 heterocycles. The first-order valence-electron chi connectivity index (χ1n) is 8.81. The number of benzene rings is 2. The summed E-state index contributed by atoms with van der Waals surface area (Å²) in [6.45, 7) is 1.49. The molecular formula is C21H21N3O2. The van der Waals surface area contributed by atoms with Crippen molar-refractivity contribution in [3.05, 3.63) is 71.3 Å². The number of nitrogens with one attached hydrogen (secondary N) is 1. The fourth-order valence-corrected chi connectivity index (χ4v) is 3.15. The summed E-state index contributed by atoms with van der Waals surface area (Å²) in [7, 11) is 0. The van der Waals surface area contributed by atoms with Gasteiger partial charge in [0.15, 0.2) is 0 Å². The Morgan fingerprint density at radius 1 is 1.04 bits per heavy atom. The molecule has 132 valence electrons. The van der Waals surface area contributed by atoms with Crippen LogP contribution in [0.1, 0.15) is 34.3 Å². The predicted molar refractivity (Wildman–Crippen MR) is 98.4 cm³/mol. The summed E-state index contributed by atoms with van der Waals surface area (Å²) in [5.74, 6) is -0.337. The van der Waals surface area contributed by atoms with Crippen molar-refractivity contribution in [3.63, 3.8) is 0 Å². The molecule has 1 fully saturated rings. The molecule has 2 amide bonds. The molecule has 0 bridgehead atoms. The second kappa shape index (κ2) is 8.30. The lowest BCUT2D eigenvalue weighted by atomic mass is 10.0. The van der Waals surface area contributed by atoms with Gasteiger partial charge in [0.1, 0.15) is 6.04 Å². The lowest BCUT2D eigenvalue weighted by Gasteiger charge is -2.24. The number of rotatable bonds is 5. The van der Waals surface area contributed by atoms with Crippen molar-refractivity contribution in [2.24, 2.45) is 0 Å². The summed E-state index contributed by atoms with van der Waals surface area (Å²) in [6.07, 6.45) is 2.47. The third-order valence-electron chi connectivity index (χ3n) is 4.58. The smallest absolute Gasteiger partial charge is 0.251 e. The molecule has 1 aliphatic heterocycles. The molecule has 5 heteroatoms. The normalized spacial score (nSPS) is 14.5. The zero-order valence-electron chi connectivity index (χ0n) is 14.5. The molecule has 0 aromatic heterocycles. The van der Waals surface area contributed by atoms with Crippen LogP contribution in [0, 0.1) is 11.3 Å². The number of nitriles is 1. The first-order valence-corrected chi connectivity index (χ1v) is 8.81. The molecule has 0 spiro atoms. The maximum Gasteiger partial charge on any atom is 0.251 e. The Hall–Kier alpha value is -3.13. The number of hydrogen-bond donors (Lipinski definition) is 1. The van der Waals surface area contributed by atoms with Crippen LogP contribution in [0.15, 0.2) is 54.6 Å². The second-order valence-electron chi connectivity index (χ2n) is 6.44. The number of carbonyl (C=O) groups is 2. The summed E-state index contributed by atoms with van der Waals surface area (Å²) >= 11 is 0. The summed E-state index contributed by atoms with van der Waals surface area (Å²) in [5.41, 5.74) is 1.94. The van der Waals surface area contributed by atoms with E-state index in [1.807, 2.05) is 41.3 Å². The zero-order valence-corrected chi connectivity index (χ0v) is 14.5. The largest absolute Gasteiger partial charge is 0.341 e. The fraction of sp³-hybridized carbons (Fsp3) is 0.286. The van der Waals surface area contributed by atoms with E-state index in [0.29, 0.717) is 17.5 Å². The van der Waals surface area contributed by atoms with Gasteiger partial charge in [-0.1, -0.05) is 30.3 Å². The van der Waals surface area contributed by atoms with Crippen LogP contribution < -0.4 is 5.32 Å². The van der Waals surface area contributed by atoms with Crippen LogP contribution >= 0.6 is 0 Å². The van der Waals surface area contributed by atoms with Crippen molar-refractivity contribution in [1.82, 2.24) is 10.2 Å². The average molecular weight is 347 g/mol. The first kappa shape index (κ1) is 17.7. The van der Waals surface area contributed by atoms with E-state index in [4.69, 9.17) is 5.26 Å². The first-order chi connectivity index (χ1) is 12.7. The van der Waals surface area contributed by atoms with E-state index < -0.39 is 6.04 Å². The molecule has 0 unspecified atom stereocenters. The topological polar surface area (TPSA) is 73.2 Å². The van der Waals surface area contributed by atoms with Crippen LogP contribution in [0.25, 0.3) is 0 Å². The SMILES string of the molecule is N#Cc1ccc(C(=O)N[C@H](Cc2ccccc2)C(=O)N2CCCC2)cc1. The Morgan fingerprint density at radius 3 is 2.31 bits per heavy atom. The van der Waals surface area contributed by atoms with Gasteiger partial charge in [0.25, 0.3) is 5.91 Å². The highest BCUT2D eigenvalue weighted by atomic mass is 16.2. The van der Waals surface area contributed by atoms with E-state index in [1.165, 1.54) is 0 Å². The third kappa shape index (κ3) is 4.28. The summed E-state index contributed by atoms with van der Waals surface area (Å²) in [4.78, 5) is 27.3. The highest BCUT2D eigenvalue weighted by molar-refractivity contribution is 5.97. The Labute approximate surface area is 153 Å². The minimum atomic E-state index is -0.598. The lowest BCUT2D eigenvalue weighted by Crippen LogP contribution is -2.49. The van der Waals surface area contributed by atoms with Crippen LogP contribution in [0.3, 0.4) is 0 Å². The highest BCUT2D eigenvalue weighted by Crippen LogP contribution is 2.13. The van der Waals surface area contributed by atoms with Gasteiger partial charge in [0.05, 0.1) is 11.6 Å². The van der Waals surface area contributed by atoms with E-state index in [9.17, 15) is 9.59 Å². The van der Waals surface area contributed by atoms with Gasteiger partial charge in [-0.05, 0) is 42.7 Å². The molecule has 26 heavy (non-hydrogen) atoms. The van der Waals surface area contributed by atoms with E-state index in [-0.39, 0.29) is 11.8 Å². The third-order valence-corrected chi connectivity index (χ3v) is 4.58. The van der Waals surface area contributed by atoms with E-state index in [1.54, 1.807) is 24.3 Å². The van der Waals surface area contributed by atoms with Crippen molar-refractivity contribution in [1.29, 1.82) is 5.26 Å². The van der Waals surface area contributed by atoms with E-state index in [2.05, 4.69) is 5.32 Å². The number of carbonyl (C=O) groups excluding carboxylic acids is 2. The number of hydrogen-bond acceptors (Lipinski definition) is 3. The molecule has 1 N–H and O–H groups in total. The Kier molecular flexibility index (Phi) is 5.65. The van der Waals surface area contributed by atoms with Crippen LogP contribution in [-0.4, -0.2) is 35.8 Å². The number of nitrogens with zero attached hydrogens (tertiary/aromatic N) is 2. The van der Waals surface area contributed by atoms with Gasteiger partial charge in [0.2, 0.25) is 5.91 Å². The standard InChI is InChI=1S/C21H21N3O2/c22-15-17-8-10-18(11-9-17)20(25)23-19(14-16-6-2-1-3-7-16)21(26)24-12-4-5-13-24/h1-3,6-11,19H,4-5,12-14H2,(H,23,25)/t19-/m1/s1. The van der Waals surface area contributed by atoms with Gasteiger partial charge in [-0.15, -0.1) is 0 Å². The van der Waals surface area contributed by atoms with Gasteiger partial charge in [-0.3, -0.25) is 9.59 Å². The molecule has 2 aromatic carbocycles. The minimum absolute atomic E-state index is 0.0339. The van der Waals surface area contributed by atoms with Crippen LogP contribution in [0.4, 0.5) is 0 Å². The lowest BCUT2D eigenvalue weighted by molar-refractivity contribution is -0.132. The van der Waals surface area contributed by atoms with Crippen molar-refractivity contribution in [3.8, 4) is 6.07 Å². The highest BCUT2D eigenvalue weighted by Gasteiger charge is 2.28. The van der Waals surface area contributed by atoms with Crippen LogP contribution in [0.5, 0.6) is 0 Å². The molecule has 3 rings (SSSR count). The van der Waals surface area contributed by atoms with Crippen molar-refractivity contribution >= 4 is 11.8 Å². The van der Waals surface area contributed by atoms with Crippen molar-refractivity contribution < 1.29 is 9.59 Å². The maximum atomic E-state index is 12.9. The number of amides is 2. The van der Waals surface area contributed by atoms with Gasteiger partial charge < -0.3 is 10.2 Å². The molecule has 1 saturated heterocycles. The van der Waals surface area contributed by atoms with Crippen molar-refractivity contribution in [2.75, 3.05) is 13.1 Å². The quantitative estimate of drug-likeness (QED) is 0.903. The number of likely N-dealkylation sites (tertiary alicyclic amines) is 1. The Morgan fingerprint density at radius 2 is 1.69 bits per heavy atom. The molecular weight excluding hydrogens is 326 g/mol. The molecule has 5 nitrogen and oxygen atoms in total. The summed E-state index contributed by atoms with van der Waals surface area (Å²) in [6, 6.07) is 17.5. The van der Waals surface area contributed by atoms with Crippen LogP contribution in [0.2, 0.25) is 0 Å². The minimum Gasteiger partial charge on any atom is -0.341 e. The van der Waals surface area contributed by atoms with Gasteiger partial charge in [0, 0.05) is 25.1 Å². The average Bonchev–Trinajstić information content (AvgIpc) is 3.22. The maximum absolute atomic E-state index is 12.9. The zero-order chi connectivity index (χ0) is 18.4. The molecule has 0 radical (unpaired) electrons. The van der Waals surface area contributed by atoms with Crippen molar-refractivity contribution in [2.45, 2.75) is 25.3 Å². The summed E-state index contributed by atoms with van der Waals surface area (Å²) in [5, 5.41) is 11.8. The van der Waals surface area contributed by atoms with E-state index >= 15 is 0 Å². The molecule has 0 aliphatic carbocycles. The van der Waals surface area contributed by atoms with Gasteiger partial charge in [-0.25, -0.2) is 0 Å². The predicted octanol–water partition coefficient (Wildman–Crippen LogP) is 2.52. The van der Waals surface area contributed by atoms with E-state index in [0.717, 1.165) is 31.5 Å². The van der Waals surface area contributed by atoms with Gasteiger partial charge >= 0.3 is 0 Å². The van der Waals surface area contributed by atoms with Gasteiger partial charge in [-0.2, -0.15) is 5.26 Å². The Balaban J connectivity index is 1.76. The summed E-state index contributed by atoms with van der Waals surface area (Å²) < 4.78 is 0. The fourth-order valence-electron chi connectivity index (χ4n) is 3.15.